The number of ketones is 1. The van der Waals surface area contributed by atoms with Gasteiger partial charge in [0.25, 0.3) is 11.7 Å². The number of Topliss-reactive ketones (excluding diaryl/α,β-unsaturated/α-hetero) is 1. The fraction of sp³-hybridized carbons (Fsp3) is 0.385. The van der Waals surface area contributed by atoms with Gasteiger partial charge in [-0.05, 0) is 49.1 Å². The van der Waals surface area contributed by atoms with Crippen LogP contribution in [-0.4, -0.2) is 33.8 Å². The number of rotatable bonds is 3. The number of amides is 1. The van der Waals surface area contributed by atoms with Crippen LogP contribution in [0.2, 0.25) is 0 Å². The zero-order chi connectivity index (χ0) is 21.5. The van der Waals surface area contributed by atoms with Crippen LogP contribution in [0.25, 0.3) is 5.76 Å². The summed E-state index contributed by atoms with van der Waals surface area (Å²) in [7, 11) is 0. The maximum atomic E-state index is 13.2. The highest BCUT2D eigenvalue weighted by Gasteiger charge is 2.48. The number of ether oxygens (including phenoxy) is 1. The van der Waals surface area contributed by atoms with E-state index in [-0.39, 0.29) is 23.5 Å². The van der Waals surface area contributed by atoms with Gasteiger partial charge in [0.1, 0.15) is 17.6 Å². The van der Waals surface area contributed by atoms with Gasteiger partial charge in [0, 0.05) is 18.0 Å². The van der Waals surface area contributed by atoms with Crippen molar-refractivity contribution in [2.75, 3.05) is 0 Å². The minimum atomic E-state index is -0.595. The molecule has 160 valence electrons. The molecule has 1 amide bonds. The van der Waals surface area contributed by atoms with Crippen molar-refractivity contribution >= 4 is 17.4 Å². The van der Waals surface area contributed by atoms with Crippen molar-refractivity contribution < 1.29 is 19.4 Å². The number of aliphatic hydroxyl groups is 1. The molecule has 1 N–H and O–H groups in total. The van der Waals surface area contributed by atoms with E-state index in [0.29, 0.717) is 5.56 Å². The summed E-state index contributed by atoms with van der Waals surface area (Å²) in [4.78, 5) is 28.1. The summed E-state index contributed by atoms with van der Waals surface area (Å²) >= 11 is 0. The quantitative estimate of drug-likeness (QED) is 0.444. The first kappa shape index (κ1) is 19.9. The van der Waals surface area contributed by atoms with Gasteiger partial charge in [0.05, 0.1) is 11.6 Å². The van der Waals surface area contributed by atoms with Crippen molar-refractivity contribution in [3.63, 3.8) is 0 Å². The van der Waals surface area contributed by atoms with E-state index >= 15 is 0 Å². The highest BCUT2D eigenvalue weighted by atomic mass is 16.5. The van der Waals surface area contributed by atoms with Gasteiger partial charge in [-0.15, -0.1) is 0 Å². The number of hydrogen-bond donors (Lipinski definition) is 1. The predicted octanol–water partition coefficient (Wildman–Crippen LogP) is 4.76. The average molecular weight is 418 g/mol. The van der Waals surface area contributed by atoms with Crippen LogP contribution in [0.15, 0.2) is 54.1 Å². The third-order valence-electron chi connectivity index (χ3n) is 6.73. The molecule has 2 aromatic carbocycles. The molecule has 0 spiro atoms. The first-order valence-electron chi connectivity index (χ1n) is 11.2. The molecule has 5 rings (SSSR count). The molecular weight excluding hydrogens is 390 g/mol. The van der Waals surface area contributed by atoms with Crippen LogP contribution in [0, 0.1) is 0 Å². The van der Waals surface area contributed by atoms with E-state index in [0.717, 1.165) is 55.4 Å². The lowest BCUT2D eigenvalue weighted by Crippen LogP contribution is -2.40. The number of benzene rings is 2. The number of fused-ring (bicyclic) bond motifs is 1. The van der Waals surface area contributed by atoms with E-state index in [1.807, 2.05) is 49.4 Å². The molecule has 3 aliphatic rings. The summed E-state index contributed by atoms with van der Waals surface area (Å²) in [6.07, 6.45) is 5.90. The summed E-state index contributed by atoms with van der Waals surface area (Å²) in [5.74, 6) is -0.387. The van der Waals surface area contributed by atoms with Crippen LogP contribution < -0.4 is 4.74 Å². The van der Waals surface area contributed by atoms with E-state index in [9.17, 15) is 14.7 Å². The van der Waals surface area contributed by atoms with E-state index < -0.39 is 17.7 Å². The molecule has 31 heavy (non-hydrogen) atoms. The van der Waals surface area contributed by atoms with Crippen LogP contribution in [0.4, 0.5) is 0 Å². The lowest BCUT2D eigenvalue weighted by atomic mass is 9.91. The summed E-state index contributed by atoms with van der Waals surface area (Å²) in [6, 6.07) is 14.5. The standard InChI is InChI=1S/C26H27NO4/c1-16-14-19-15-18(12-13-21(19)31-16)24(28)22-23(17-8-4-2-5-9-17)27(26(30)25(22)29)20-10-6-3-7-11-20/h2,4-5,8-9,12-13,15-16,20,23,28H,3,6-7,10-11,14H2,1H3/b24-22-. The molecule has 1 saturated carbocycles. The SMILES string of the molecule is CC1Cc2cc(/C(O)=C3/C(=O)C(=O)N(C4CCCCC4)C3c3ccccc3)ccc2O1. The summed E-state index contributed by atoms with van der Waals surface area (Å²) in [5, 5.41) is 11.3. The van der Waals surface area contributed by atoms with Crippen LogP contribution in [0.5, 0.6) is 5.75 Å². The molecule has 2 heterocycles. The maximum Gasteiger partial charge on any atom is 0.295 e. The van der Waals surface area contributed by atoms with Crippen LogP contribution in [0.3, 0.4) is 0 Å². The number of carbonyl (C=O) groups excluding carboxylic acids is 2. The minimum Gasteiger partial charge on any atom is -0.507 e. The Morgan fingerprint density at radius 2 is 1.77 bits per heavy atom. The fourth-order valence-electron chi connectivity index (χ4n) is 5.27. The smallest absolute Gasteiger partial charge is 0.295 e. The lowest BCUT2D eigenvalue weighted by molar-refractivity contribution is -0.141. The van der Waals surface area contributed by atoms with Crippen molar-refractivity contribution in [1.29, 1.82) is 0 Å². The third-order valence-corrected chi connectivity index (χ3v) is 6.73. The largest absolute Gasteiger partial charge is 0.507 e. The Morgan fingerprint density at radius 1 is 1.03 bits per heavy atom. The summed E-state index contributed by atoms with van der Waals surface area (Å²) < 4.78 is 5.77. The van der Waals surface area contributed by atoms with Crippen molar-refractivity contribution in [1.82, 2.24) is 4.90 Å². The lowest BCUT2D eigenvalue weighted by Gasteiger charge is -2.35. The Hall–Kier alpha value is -3.08. The van der Waals surface area contributed by atoms with Crippen LogP contribution in [0.1, 0.15) is 61.8 Å². The van der Waals surface area contributed by atoms with Crippen molar-refractivity contribution in [2.45, 2.75) is 63.6 Å². The molecule has 5 nitrogen and oxygen atoms in total. The normalized spacial score (nSPS) is 25.5. The first-order valence-corrected chi connectivity index (χ1v) is 11.2. The molecule has 0 aromatic heterocycles. The maximum absolute atomic E-state index is 13.2. The van der Waals surface area contributed by atoms with Crippen molar-refractivity contribution in [3.8, 4) is 5.75 Å². The molecule has 5 heteroatoms. The molecular formula is C26H27NO4. The Morgan fingerprint density at radius 3 is 2.52 bits per heavy atom. The van der Waals surface area contributed by atoms with E-state index in [4.69, 9.17) is 4.74 Å². The van der Waals surface area contributed by atoms with E-state index in [1.165, 1.54) is 0 Å². The molecule has 1 aliphatic carbocycles. The molecule has 0 bridgehead atoms. The summed E-state index contributed by atoms with van der Waals surface area (Å²) in [6.45, 7) is 2.00. The van der Waals surface area contributed by atoms with Crippen LogP contribution in [-0.2, 0) is 16.0 Å². The van der Waals surface area contributed by atoms with Crippen molar-refractivity contribution in [3.05, 3.63) is 70.8 Å². The molecule has 2 unspecified atom stereocenters. The monoisotopic (exact) mass is 417 g/mol. The Kier molecular flexibility index (Phi) is 5.05. The predicted molar refractivity (Wildman–Crippen MR) is 118 cm³/mol. The molecule has 2 aliphatic heterocycles. The molecule has 2 atom stereocenters. The van der Waals surface area contributed by atoms with Crippen LogP contribution >= 0.6 is 0 Å². The van der Waals surface area contributed by atoms with Gasteiger partial charge in [0.2, 0.25) is 0 Å². The van der Waals surface area contributed by atoms with Gasteiger partial charge in [0.15, 0.2) is 0 Å². The van der Waals surface area contributed by atoms with Crippen molar-refractivity contribution in [2.24, 2.45) is 0 Å². The fourth-order valence-corrected chi connectivity index (χ4v) is 5.27. The Balaban J connectivity index is 1.62. The zero-order valence-corrected chi connectivity index (χ0v) is 17.7. The molecule has 2 aromatic rings. The van der Waals surface area contributed by atoms with Gasteiger partial charge < -0.3 is 14.7 Å². The third kappa shape index (κ3) is 3.42. The minimum absolute atomic E-state index is 0.0231. The number of likely N-dealkylation sites (tertiary alicyclic amines) is 1. The van der Waals surface area contributed by atoms with Gasteiger partial charge in [-0.25, -0.2) is 0 Å². The zero-order valence-electron chi connectivity index (χ0n) is 17.7. The van der Waals surface area contributed by atoms with E-state index in [1.54, 1.807) is 11.0 Å². The number of carbonyl (C=O) groups is 2. The second-order valence-electron chi connectivity index (χ2n) is 8.86. The number of nitrogens with zero attached hydrogens (tertiary/aromatic N) is 1. The second kappa shape index (κ2) is 7.88. The number of hydrogen-bond acceptors (Lipinski definition) is 4. The van der Waals surface area contributed by atoms with Gasteiger partial charge in [-0.1, -0.05) is 49.6 Å². The molecule has 0 radical (unpaired) electrons. The number of aliphatic hydroxyl groups excluding tert-OH is 1. The van der Waals surface area contributed by atoms with Gasteiger partial charge >= 0.3 is 0 Å². The highest BCUT2D eigenvalue weighted by molar-refractivity contribution is 6.46. The van der Waals surface area contributed by atoms with Gasteiger partial charge in [-0.2, -0.15) is 0 Å². The highest BCUT2D eigenvalue weighted by Crippen LogP contribution is 2.43. The van der Waals surface area contributed by atoms with E-state index in [2.05, 4.69) is 0 Å². The molecule has 1 saturated heterocycles. The van der Waals surface area contributed by atoms with Gasteiger partial charge in [-0.3, -0.25) is 9.59 Å². The second-order valence-corrected chi connectivity index (χ2v) is 8.86. The first-order chi connectivity index (χ1) is 15.0. The Bertz CT molecular complexity index is 1050. The summed E-state index contributed by atoms with van der Waals surface area (Å²) in [5.41, 5.74) is 2.61. The Labute approximate surface area is 182 Å². The topological polar surface area (TPSA) is 66.8 Å². The average Bonchev–Trinajstić information content (AvgIpc) is 3.30. The molecule has 2 fully saturated rings.